The topological polar surface area (TPSA) is 110 Å². The van der Waals surface area contributed by atoms with Gasteiger partial charge in [-0.3, -0.25) is 9.89 Å². The van der Waals surface area contributed by atoms with Gasteiger partial charge in [-0.25, -0.2) is 19.5 Å². The van der Waals surface area contributed by atoms with Crippen molar-refractivity contribution in [3.05, 3.63) is 64.0 Å². The van der Waals surface area contributed by atoms with Crippen LogP contribution < -0.4 is 15.6 Å². The molecule has 3 aromatic heterocycles. The zero-order chi connectivity index (χ0) is 23.6. The molecule has 0 fully saturated rings. The fourth-order valence-electron chi connectivity index (χ4n) is 3.51. The third kappa shape index (κ3) is 5.02. The Bertz CT molecular complexity index is 1300. The van der Waals surface area contributed by atoms with Gasteiger partial charge >= 0.3 is 0 Å². The second kappa shape index (κ2) is 9.01. The van der Waals surface area contributed by atoms with E-state index in [1.807, 2.05) is 26.0 Å². The number of fused-ring (bicyclic) bond motifs is 1. The molecule has 3 heterocycles. The van der Waals surface area contributed by atoms with Crippen LogP contribution in [0.25, 0.3) is 17.0 Å². The van der Waals surface area contributed by atoms with Crippen LogP contribution in [-0.4, -0.2) is 42.7 Å². The van der Waals surface area contributed by atoms with Gasteiger partial charge in [0.05, 0.1) is 18.0 Å². The van der Waals surface area contributed by atoms with Crippen LogP contribution in [-0.2, 0) is 5.41 Å². The molecular weight excluding hydrogens is 418 g/mol. The van der Waals surface area contributed by atoms with Gasteiger partial charge in [-0.05, 0) is 31.2 Å². The fraction of sp³-hybridized carbons (Fsp3) is 0.375. The Morgan fingerprint density at radius 3 is 2.42 bits per heavy atom. The van der Waals surface area contributed by atoms with Crippen molar-refractivity contribution in [3.63, 3.8) is 0 Å². The number of aromatic amines is 1. The molecule has 33 heavy (non-hydrogen) atoms. The van der Waals surface area contributed by atoms with E-state index in [0.717, 1.165) is 29.1 Å². The van der Waals surface area contributed by atoms with Gasteiger partial charge in [0.1, 0.15) is 6.33 Å². The maximum absolute atomic E-state index is 11.9. The minimum Gasteiger partial charge on any atom is -0.490 e. The molecule has 0 saturated heterocycles. The standard InChI is InChI=1S/C24H29N7O2/c1-15-21(16(2)27-14-26-15)33-12-6-11-25-23-29-22(28-19-13-20(32)30-31(19)23)17-7-9-18(10-8-17)24(3,4)5/h7-10,13-14H,6,11-12H2,1-5H3,(H,30,32)(H,25,28,29). The highest BCUT2D eigenvalue weighted by molar-refractivity contribution is 5.60. The number of hydrogen-bond acceptors (Lipinski definition) is 7. The molecule has 1 aromatic carbocycles. The summed E-state index contributed by atoms with van der Waals surface area (Å²) in [5.74, 6) is 1.80. The zero-order valence-electron chi connectivity index (χ0n) is 19.6. The molecule has 9 nitrogen and oxygen atoms in total. The molecule has 0 amide bonds. The summed E-state index contributed by atoms with van der Waals surface area (Å²) in [6.45, 7) is 11.4. The second-order valence-corrected chi connectivity index (χ2v) is 9.01. The minimum atomic E-state index is -0.231. The van der Waals surface area contributed by atoms with Crippen LogP contribution in [0, 0.1) is 13.8 Å². The molecule has 4 rings (SSSR count). The monoisotopic (exact) mass is 447 g/mol. The van der Waals surface area contributed by atoms with Gasteiger partial charge in [-0.2, -0.15) is 4.98 Å². The molecule has 0 aliphatic heterocycles. The van der Waals surface area contributed by atoms with Crippen LogP contribution >= 0.6 is 0 Å². The fourth-order valence-corrected chi connectivity index (χ4v) is 3.51. The maximum Gasteiger partial charge on any atom is 0.266 e. The number of anilines is 1. The van der Waals surface area contributed by atoms with Crippen LogP contribution in [0.3, 0.4) is 0 Å². The van der Waals surface area contributed by atoms with Crippen molar-refractivity contribution in [2.75, 3.05) is 18.5 Å². The van der Waals surface area contributed by atoms with Crippen molar-refractivity contribution in [1.29, 1.82) is 0 Å². The summed E-state index contributed by atoms with van der Waals surface area (Å²) in [6.07, 6.45) is 2.26. The summed E-state index contributed by atoms with van der Waals surface area (Å²) in [4.78, 5) is 29.5. The van der Waals surface area contributed by atoms with Gasteiger partial charge in [0, 0.05) is 18.2 Å². The number of nitrogens with zero attached hydrogens (tertiary/aromatic N) is 5. The molecule has 0 aliphatic carbocycles. The van der Waals surface area contributed by atoms with E-state index in [0.29, 0.717) is 30.6 Å². The Hall–Kier alpha value is -3.75. The van der Waals surface area contributed by atoms with Crippen molar-refractivity contribution in [2.24, 2.45) is 0 Å². The number of benzene rings is 1. The highest BCUT2D eigenvalue weighted by Crippen LogP contribution is 2.25. The maximum atomic E-state index is 11.9. The summed E-state index contributed by atoms with van der Waals surface area (Å²) in [5.41, 5.74) is 4.11. The van der Waals surface area contributed by atoms with Crippen LogP contribution in [0.5, 0.6) is 5.75 Å². The van der Waals surface area contributed by atoms with E-state index < -0.39 is 0 Å². The van der Waals surface area contributed by atoms with Crippen LogP contribution in [0.15, 0.2) is 41.5 Å². The number of hydrogen-bond donors (Lipinski definition) is 2. The lowest BCUT2D eigenvalue weighted by molar-refractivity contribution is 0.307. The van der Waals surface area contributed by atoms with E-state index in [1.165, 1.54) is 18.0 Å². The highest BCUT2D eigenvalue weighted by atomic mass is 16.5. The second-order valence-electron chi connectivity index (χ2n) is 9.01. The zero-order valence-corrected chi connectivity index (χ0v) is 19.6. The normalized spacial score (nSPS) is 11.7. The van der Waals surface area contributed by atoms with Crippen molar-refractivity contribution >= 4 is 11.6 Å². The van der Waals surface area contributed by atoms with E-state index in [2.05, 4.69) is 63.3 Å². The largest absolute Gasteiger partial charge is 0.490 e. The first-order valence-electron chi connectivity index (χ1n) is 11.0. The Morgan fingerprint density at radius 1 is 1.06 bits per heavy atom. The van der Waals surface area contributed by atoms with E-state index >= 15 is 0 Å². The summed E-state index contributed by atoms with van der Waals surface area (Å²) in [7, 11) is 0. The Balaban J connectivity index is 1.49. The Kier molecular flexibility index (Phi) is 6.13. The minimum absolute atomic E-state index is 0.0645. The SMILES string of the molecule is Cc1ncnc(C)c1OCCCNc1nc(-c2ccc(C(C)(C)C)cc2)nc2cc(=O)[nH]n12. The summed E-state index contributed by atoms with van der Waals surface area (Å²) in [5, 5.41) is 6.04. The molecule has 0 atom stereocenters. The molecule has 0 saturated carbocycles. The number of H-pyrrole nitrogens is 1. The summed E-state index contributed by atoms with van der Waals surface area (Å²) in [6, 6.07) is 9.68. The van der Waals surface area contributed by atoms with Crippen LogP contribution in [0.2, 0.25) is 0 Å². The van der Waals surface area contributed by atoms with Gasteiger partial charge in [0.2, 0.25) is 5.95 Å². The van der Waals surface area contributed by atoms with E-state index in [-0.39, 0.29) is 11.0 Å². The van der Waals surface area contributed by atoms with Crippen LogP contribution in [0.4, 0.5) is 5.95 Å². The predicted molar refractivity (Wildman–Crippen MR) is 128 cm³/mol. The number of aryl methyl sites for hydroxylation is 2. The average Bonchev–Trinajstić information content (AvgIpc) is 3.15. The smallest absolute Gasteiger partial charge is 0.266 e. The van der Waals surface area contributed by atoms with Crippen molar-refractivity contribution < 1.29 is 4.74 Å². The molecule has 0 unspecified atom stereocenters. The highest BCUT2D eigenvalue weighted by Gasteiger charge is 2.15. The summed E-state index contributed by atoms with van der Waals surface area (Å²) >= 11 is 0. The van der Waals surface area contributed by atoms with Gasteiger partial charge in [-0.1, -0.05) is 45.0 Å². The summed E-state index contributed by atoms with van der Waals surface area (Å²) < 4.78 is 7.43. The molecule has 4 aromatic rings. The molecule has 2 N–H and O–H groups in total. The Morgan fingerprint density at radius 2 is 1.76 bits per heavy atom. The molecule has 172 valence electrons. The molecular formula is C24H29N7O2. The molecule has 0 radical (unpaired) electrons. The third-order valence-electron chi connectivity index (χ3n) is 5.38. The number of aromatic nitrogens is 6. The van der Waals surface area contributed by atoms with Gasteiger partial charge in [0.15, 0.2) is 17.2 Å². The lowest BCUT2D eigenvalue weighted by atomic mass is 9.87. The first-order valence-corrected chi connectivity index (χ1v) is 11.0. The molecule has 0 aliphatic rings. The lowest BCUT2D eigenvalue weighted by Gasteiger charge is -2.19. The van der Waals surface area contributed by atoms with Crippen molar-refractivity contribution in [1.82, 2.24) is 29.5 Å². The van der Waals surface area contributed by atoms with E-state index in [1.54, 1.807) is 4.52 Å². The van der Waals surface area contributed by atoms with Crippen molar-refractivity contribution in [3.8, 4) is 17.1 Å². The van der Waals surface area contributed by atoms with Crippen LogP contribution in [0.1, 0.15) is 44.1 Å². The first kappa shape index (κ1) is 22.4. The van der Waals surface area contributed by atoms with E-state index in [4.69, 9.17) is 4.74 Å². The number of nitrogens with one attached hydrogen (secondary N) is 2. The first-order chi connectivity index (χ1) is 15.7. The quantitative estimate of drug-likeness (QED) is 0.416. The molecule has 9 heteroatoms. The van der Waals surface area contributed by atoms with Gasteiger partial charge in [0.25, 0.3) is 5.56 Å². The lowest BCUT2D eigenvalue weighted by Crippen LogP contribution is -2.14. The van der Waals surface area contributed by atoms with Gasteiger partial charge in [-0.15, -0.1) is 0 Å². The van der Waals surface area contributed by atoms with E-state index in [9.17, 15) is 4.79 Å². The Labute approximate surface area is 192 Å². The van der Waals surface area contributed by atoms with Gasteiger partial charge < -0.3 is 10.1 Å². The number of ether oxygens (including phenoxy) is 1. The average molecular weight is 448 g/mol. The molecule has 0 spiro atoms. The predicted octanol–water partition coefficient (Wildman–Crippen LogP) is 3.67. The molecule has 0 bridgehead atoms. The third-order valence-corrected chi connectivity index (χ3v) is 5.38. The van der Waals surface area contributed by atoms with Crippen molar-refractivity contribution in [2.45, 2.75) is 46.5 Å². The number of rotatable bonds is 7.